The van der Waals surface area contributed by atoms with Gasteiger partial charge in [-0.1, -0.05) is 23.7 Å². The molecule has 1 amide bonds. The van der Waals surface area contributed by atoms with Crippen LogP contribution in [0.3, 0.4) is 0 Å². The number of carbonyl (C=O) groups is 2. The van der Waals surface area contributed by atoms with Crippen LogP contribution in [0.1, 0.15) is 33.7 Å². The Morgan fingerprint density at radius 3 is 2.68 bits per heavy atom. The Morgan fingerprint density at radius 1 is 1.26 bits per heavy atom. The van der Waals surface area contributed by atoms with Crippen molar-refractivity contribution in [1.29, 1.82) is 0 Å². The molecule has 2 aromatic heterocycles. The number of carboxylic acids is 1. The standard InChI is InChI=1S/C22H22ClN5O3/c1-27-19(22(30)31)17(13-26-27)14-6-8-15(9-7-14)21(29)28(16-4-2-10-24-12-16)20-18(23)5-3-11-25-20/h3,5-9,11,13,16,24H,2,4,10,12H2,1H3,(H,30,31)/t16-/m1/s1. The maximum Gasteiger partial charge on any atom is 0.354 e. The molecule has 0 radical (unpaired) electrons. The van der Waals surface area contributed by atoms with Crippen molar-refractivity contribution in [1.82, 2.24) is 20.1 Å². The average molecular weight is 440 g/mol. The van der Waals surface area contributed by atoms with Crippen molar-refractivity contribution in [2.75, 3.05) is 18.0 Å². The van der Waals surface area contributed by atoms with E-state index in [4.69, 9.17) is 11.6 Å². The molecule has 31 heavy (non-hydrogen) atoms. The number of aryl methyl sites for hydroxylation is 1. The lowest BCUT2D eigenvalue weighted by Crippen LogP contribution is -2.49. The highest BCUT2D eigenvalue weighted by Crippen LogP contribution is 2.29. The molecule has 160 valence electrons. The zero-order valence-electron chi connectivity index (χ0n) is 17.0. The van der Waals surface area contributed by atoms with E-state index in [1.165, 1.54) is 10.9 Å². The molecule has 0 bridgehead atoms. The number of anilines is 1. The smallest absolute Gasteiger partial charge is 0.354 e. The van der Waals surface area contributed by atoms with Gasteiger partial charge in [0.2, 0.25) is 0 Å². The van der Waals surface area contributed by atoms with Gasteiger partial charge in [0.25, 0.3) is 5.91 Å². The van der Waals surface area contributed by atoms with Crippen LogP contribution in [0.5, 0.6) is 0 Å². The van der Waals surface area contributed by atoms with Crippen molar-refractivity contribution in [3.05, 3.63) is 65.1 Å². The van der Waals surface area contributed by atoms with Crippen LogP contribution < -0.4 is 10.2 Å². The second-order valence-electron chi connectivity index (χ2n) is 7.40. The van der Waals surface area contributed by atoms with Crippen molar-refractivity contribution >= 4 is 29.3 Å². The molecule has 9 heteroatoms. The lowest BCUT2D eigenvalue weighted by atomic mass is 10.0. The molecule has 0 spiro atoms. The summed E-state index contributed by atoms with van der Waals surface area (Å²) in [7, 11) is 1.58. The molecule has 1 atom stereocenters. The van der Waals surface area contributed by atoms with Crippen LogP contribution >= 0.6 is 11.6 Å². The number of rotatable bonds is 5. The summed E-state index contributed by atoms with van der Waals surface area (Å²) in [5.74, 6) is -0.825. The molecular weight excluding hydrogens is 418 g/mol. The maximum atomic E-state index is 13.5. The van der Waals surface area contributed by atoms with E-state index in [0.717, 1.165) is 19.4 Å². The number of nitrogens with zero attached hydrogens (tertiary/aromatic N) is 4. The maximum absolute atomic E-state index is 13.5. The normalized spacial score (nSPS) is 16.1. The summed E-state index contributed by atoms with van der Waals surface area (Å²) in [6.45, 7) is 1.58. The highest BCUT2D eigenvalue weighted by Gasteiger charge is 2.30. The minimum Gasteiger partial charge on any atom is -0.477 e. The molecule has 1 aromatic carbocycles. The minimum atomic E-state index is -1.06. The van der Waals surface area contributed by atoms with Gasteiger partial charge in [-0.2, -0.15) is 5.10 Å². The van der Waals surface area contributed by atoms with Gasteiger partial charge in [0, 0.05) is 30.9 Å². The van der Waals surface area contributed by atoms with Gasteiger partial charge in [0.05, 0.1) is 17.3 Å². The van der Waals surface area contributed by atoms with Crippen molar-refractivity contribution in [2.24, 2.45) is 7.05 Å². The quantitative estimate of drug-likeness (QED) is 0.633. The SMILES string of the molecule is Cn1ncc(-c2ccc(C(=O)N(c3ncccc3Cl)[C@@H]3CCCNC3)cc2)c1C(=O)O. The number of aromatic carboxylic acids is 1. The summed E-state index contributed by atoms with van der Waals surface area (Å²) in [6, 6.07) is 10.2. The van der Waals surface area contributed by atoms with E-state index >= 15 is 0 Å². The van der Waals surface area contributed by atoms with Gasteiger partial charge in [0.15, 0.2) is 11.5 Å². The molecular formula is C22H22ClN5O3. The molecule has 3 aromatic rings. The first-order valence-corrected chi connectivity index (χ1v) is 10.4. The predicted molar refractivity (Wildman–Crippen MR) is 118 cm³/mol. The number of piperidine rings is 1. The fourth-order valence-electron chi connectivity index (χ4n) is 3.88. The monoisotopic (exact) mass is 439 g/mol. The van der Waals surface area contributed by atoms with Crippen LogP contribution in [-0.4, -0.2) is 50.9 Å². The van der Waals surface area contributed by atoms with E-state index in [1.54, 1.807) is 54.5 Å². The second kappa shape index (κ2) is 8.87. The molecule has 0 aliphatic carbocycles. The number of pyridine rings is 1. The number of nitrogens with one attached hydrogen (secondary N) is 1. The second-order valence-corrected chi connectivity index (χ2v) is 7.80. The van der Waals surface area contributed by atoms with Crippen LogP contribution in [0.25, 0.3) is 11.1 Å². The zero-order chi connectivity index (χ0) is 22.0. The van der Waals surface area contributed by atoms with Crippen molar-refractivity contribution < 1.29 is 14.7 Å². The van der Waals surface area contributed by atoms with Gasteiger partial charge >= 0.3 is 5.97 Å². The molecule has 3 heterocycles. The number of halogens is 1. The first kappa shape index (κ1) is 21.0. The van der Waals surface area contributed by atoms with Gasteiger partial charge in [-0.25, -0.2) is 9.78 Å². The lowest BCUT2D eigenvalue weighted by Gasteiger charge is -2.34. The van der Waals surface area contributed by atoms with Crippen LogP contribution in [0.4, 0.5) is 5.82 Å². The Balaban J connectivity index is 1.68. The predicted octanol–water partition coefficient (Wildman–Crippen LogP) is 3.23. The Hall–Kier alpha value is -3.23. The number of benzene rings is 1. The fraction of sp³-hybridized carbons (Fsp3) is 0.273. The van der Waals surface area contributed by atoms with Gasteiger partial charge in [-0.3, -0.25) is 14.4 Å². The van der Waals surface area contributed by atoms with Crippen LogP contribution in [0, 0.1) is 0 Å². The third-order valence-electron chi connectivity index (χ3n) is 5.41. The highest BCUT2D eigenvalue weighted by atomic mass is 35.5. The van der Waals surface area contributed by atoms with E-state index in [9.17, 15) is 14.7 Å². The Kier molecular flexibility index (Phi) is 6.01. The first-order valence-electron chi connectivity index (χ1n) is 9.98. The molecule has 1 aliphatic rings. The lowest BCUT2D eigenvalue weighted by molar-refractivity contribution is 0.0685. The summed E-state index contributed by atoms with van der Waals surface area (Å²) in [5.41, 5.74) is 1.73. The zero-order valence-corrected chi connectivity index (χ0v) is 17.7. The largest absolute Gasteiger partial charge is 0.477 e. The first-order chi connectivity index (χ1) is 15.0. The molecule has 2 N–H and O–H groups in total. The van der Waals surface area contributed by atoms with Gasteiger partial charge in [-0.15, -0.1) is 0 Å². The Bertz CT molecular complexity index is 1110. The summed E-state index contributed by atoms with van der Waals surface area (Å²) in [5, 5.41) is 17.3. The van der Waals surface area contributed by atoms with E-state index in [2.05, 4.69) is 15.4 Å². The van der Waals surface area contributed by atoms with Crippen molar-refractivity contribution in [3.63, 3.8) is 0 Å². The number of amides is 1. The number of carboxylic acid groups (broad SMARTS) is 1. The third-order valence-corrected chi connectivity index (χ3v) is 5.70. The summed E-state index contributed by atoms with van der Waals surface area (Å²) < 4.78 is 1.32. The minimum absolute atomic E-state index is 0.0646. The van der Waals surface area contributed by atoms with Crippen LogP contribution in [0.15, 0.2) is 48.8 Å². The molecule has 8 nitrogen and oxygen atoms in total. The average Bonchev–Trinajstić information content (AvgIpc) is 3.18. The molecule has 1 aliphatic heterocycles. The topological polar surface area (TPSA) is 100 Å². The fourth-order valence-corrected chi connectivity index (χ4v) is 4.09. The van der Waals surface area contributed by atoms with Gasteiger partial charge < -0.3 is 10.4 Å². The van der Waals surface area contributed by atoms with Crippen LogP contribution in [-0.2, 0) is 7.05 Å². The Labute approximate surface area is 184 Å². The van der Waals surface area contributed by atoms with E-state index in [0.29, 0.717) is 34.1 Å². The van der Waals surface area contributed by atoms with Crippen molar-refractivity contribution in [3.8, 4) is 11.1 Å². The highest BCUT2D eigenvalue weighted by molar-refractivity contribution is 6.33. The van der Waals surface area contributed by atoms with Crippen molar-refractivity contribution in [2.45, 2.75) is 18.9 Å². The number of hydrogen-bond donors (Lipinski definition) is 2. The van der Waals surface area contributed by atoms with Gasteiger partial charge in [0.1, 0.15) is 0 Å². The number of aromatic nitrogens is 3. The van der Waals surface area contributed by atoms with Gasteiger partial charge in [-0.05, 0) is 49.2 Å². The molecule has 1 saturated heterocycles. The van der Waals surface area contributed by atoms with E-state index < -0.39 is 5.97 Å². The molecule has 0 saturated carbocycles. The summed E-state index contributed by atoms with van der Waals surface area (Å²) >= 11 is 6.38. The third kappa shape index (κ3) is 4.17. The van der Waals surface area contributed by atoms with E-state index in [1.807, 2.05) is 0 Å². The number of hydrogen-bond acceptors (Lipinski definition) is 5. The molecule has 0 unspecified atom stereocenters. The van der Waals surface area contributed by atoms with Crippen LogP contribution in [0.2, 0.25) is 5.02 Å². The molecule has 4 rings (SSSR count). The molecule has 1 fully saturated rings. The van der Waals surface area contributed by atoms with E-state index in [-0.39, 0.29) is 17.6 Å². The summed E-state index contributed by atoms with van der Waals surface area (Å²) in [6.07, 6.45) is 4.93. The number of carbonyl (C=O) groups excluding carboxylic acids is 1. The Morgan fingerprint density at radius 2 is 2.03 bits per heavy atom. The summed E-state index contributed by atoms with van der Waals surface area (Å²) in [4.78, 5) is 31.1.